The predicted octanol–water partition coefficient (Wildman–Crippen LogP) is 5.88. The standard InChI is InChI=1S/C22H23NO/c1-4-22(2,3)21(24)23-20-13-11-17(12-14-20)19-10-9-16-7-5-6-8-18(16)15-19/h5-15H,4H2,1-3H3,(H,23,24). The molecule has 3 rings (SSSR count). The van der Waals surface area contributed by atoms with Gasteiger partial charge in [0.2, 0.25) is 5.91 Å². The number of anilines is 1. The van der Waals surface area contributed by atoms with Gasteiger partial charge in [-0.25, -0.2) is 0 Å². The van der Waals surface area contributed by atoms with Crippen LogP contribution in [0.4, 0.5) is 5.69 Å². The van der Waals surface area contributed by atoms with Crippen LogP contribution >= 0.6 is 0 Å². The van der Waals surface area contributed by atoms with Gasteiger partial charge in [0.1, 0.15) is 0 Å². The highest BCUT2D eigenvalue weighted by atomic mass is 16.2. The van der Waals surface area contributed by atoms with Crippen molar-refractivity contribution in [2.24, 2.45) is 5.41 Å². The summed E-state index contributed by atoms with van der Waals surface area (Å²) in [5.74, 6) is 0.0588. The van der Waals surface area contributed by atoms with Crippen LogP contribution in [0.5, 0.6) is 0 Å². The molecule has 0 atom stereocenters. The van der Waals surface area contributed by atoms with Crippen LogP contribution in [-0.2, 0) is 4.79 Å². The van der Waals surface area contributed by atoms with Crippen LogP contribution < -0.4 is 5.32 Å². The van der Waals surface area contributed by atoms with Crippen molar-refractivity contribution in [2.75, 3.05) is 5.32 Å². The fourth-order valence-electron chi connectivity index (χ4n) is 2.58. The van der Waals surface area contributed by atoms with Crippen molar-refractivity contribution in [1.82, 2.24) is 0 Å². The van der Waals surface area contributed by atoms with Crippen molar-refractivity contribution >= 4 is 22.4 Å². The van der Waals surface area contributed by atoms with E-state index in [0.717, 1.165) is 17.7 Å². The molecule has 122 valence electrons. The summed E-state index contributed by atoms with van der Waals surface area (Å²) >= 11 is 0. The van der Waals surface area contributed by atoms with Gasteiger partial charge >= 0.3 is 0 Å². The van der Waals surface area contributed by atoms with Gasteiger partial charge in [-0.1, -0.05) is 69.3 Å². The lowest BCUT2D eigenvalue weighted by Gasteiger charge is -2.21. The minimum Gasteiger partial charge on any atom is -0.326 e. The van der Waals surface area contributed by atoms with Crippen LogP contribution in [0.15, 0.2) is 66.7 Å². The maximum atomic E-state index is 12.3. The molecule has 0 unspecified atom stereocenters. The van der Waals surface area contributed by atoms with Crippen LogP contribution in [0.3, 0.4) is 0 Å². The molecule has 1 amide bonds. The molecule has 3 aromatic rings. The molecule has 0 spiro atoms. The molecule has 24 heavy (non-hydrogen) atoms. The number of nitrogens with one attached hydrogen (secondary N) is 1. The Morgan fingerprint density at radius 3 is 2.17 bits per heavy atom. The fourth-order valence-corrected chi connectivity index (χ4v) is 2.58. The Morgan fingerprint density at radius 2 is 1.50 bits per heavy atom. The number of carbonyl (C=O) groups is 1. The molecular formula is C22H23NO. The second kappa shape index (κ2) is 6.48. The monoisotopic (exact) mass is 317 g/mol. The Hall–Kier alpha value is -2.61. The Balaban J connectivity index is 1.82. The normalized spacial score (nSPS) is 11.5. The van der Waals surface area contributed by atoms with Crippen molar-refractivity contribution in [2.45, 2.75) is 27.2 Å². The summed E-state index contributed by atoms with van der Waals surface area (Å²) in [5, 5.41) is 5.48. The highest BCUT2D eigenvalue weighted by Crippen LogP contribution is 2.27. The molecule has 0 fully saturated rings. The van der Waals surface area contributed by atoms with Crippen LogP contribution in [0.1, 0.15) is 27.2 Å². The topological polar surface area (TPSA) is 29.1 Å². The van der Waals surface area contributed by atoms with E-state index in [9.17, 15) is 4.79 Å². The molecule has 2 nitrogen and oxygen atoms in total. The first-order chi connectivity index (χ1) is 11.5. The highest BCUT2D eigenvalue weighted by Gasteiger charge is 2.25. The Morgan fingerprint density at radius 1 is 0.875 bits per heavy atom. The minimum absolute atomic E-state index is 0.0588. The zero-order valence-corrected chi connectivity index (χ0v) is 14.5. The molecule has 0 saturated heterocycles. The highest BCUT2D eigenvalue weighted by molar-refractivity contribution is 5.95. The fraction of sp³-hybridized carbons (Fsp3) is 0.227. The van der Waals surface area contributed by atoms with E-state index in [2.05, 4.69) is 59.9 Å². The molecule has 0 aliphatic carbocycles. The number of amides is 1. The zero-order chi connectivity index (χ0) is 17.2. The Labute approximate surface area is 143 Å². The molecule has 0 aromatic heterocycles. The van der Waals surface area contributed by atoms with Gasteiger partial charge in [-0.3, -0.25) is 4.79 Å². The van der Waals surface area contributed by atoms with E-state index in [1.165, 1.54) is 16.3 Å². The molecule has 1 N–H and O–H groups in total. The summed E-state index contributed by atoms with van der Waals surface area (Å²) in [7, 11) is 0. The van der Waals surface area contributed by atoms with E-state index in [0.29, 0.717) is 0 Å². The Kier molecular flexibility index (Phi) is 4.39. The van der Waals surface area contributed by atoms with Gasteiger partial charge in [0.15, 0.2) is 0 Å². The maximum absolute atomic E-state index is 12.3. The second-order valence-electron chi connectivity index (χ2n) is 6.83. The van der Waals surface area contributed by atoms with E-state index in [4.69, 9.17) is 0 Å². The van der Waals surface area contributed by atoms with Crippen molar-refractivity contribution in [1.29, 1.82) is 0 Å². The molecule has 0 radical (unpaired) electrons. The summed E-state index contributed by atoms with van der Waals surface area (Å²) in [6.07, 6.45) is 0.813. The van der Waals surface area contributed by atoms with E-state index < -0.39 is 0 Å². The molecule has 0 heterocycles. The third-order valence-corrected chi connectivity index (χ3v) is 4.72. The first-order valence-corrected chi connectivity index (χ1v) is 8.40. The molecule has 0 saturated carbocycles. The minimum atomic E-state index is -0.350. The van der Waals surface area contributed by atoms with Gasteiger partial charge in [-0.15, -0.1) is 0 Å². The number of fused-ring (bicyclic) bond motifs is 1. The van der Waals surface area contributed by atoms with Crippen LogP contribution in [-0.4, -0.2) is 5.91 Å². The number of benzene rings is 3. The van der Waals surface area contributed by atoms with Crippen LogP contribution in [0, 0.1) is 5.41 Å². The smallest absolute Gasteiger partial charge is 0.230 e. The van der Waals surface area contributed by atoms with E-state index in [1.54, 1.807) is 0 Å². The first-order valence-electron chi connectivity index (χ1n) is 8.40. The third kappa shape index (κ3) is 3.33. The quantitative estimate of drug-likeness (QED) is 0.639. The molecule has 0 aliphatic heterocycles. The van der Waals surface area contributed by atoms with Crippen LogP contribution in [0.2, 0.25) is 0 Å². The van der Waals surface area contributed by atoms with Crippen molar-refractivity contribution in [3.63, 3.8) is 0 Å². The summed E-state index contributed by atoms with van der Waals surface area (Å²) in [5.41, 5.74) is 2.82. The summed E-state index contributed by atoms with van der Waals surface area (Å²) in [4.78, 5) is 12.3. The third-order valence-electron chi connectivity index (χ3n) is 4.72. The molecular weight excluding hydrogens is 294 g/mol. The lowest BCUT2D eigenvalue weighted by Crippen LogP contribution is -2.29. The van der Waals surface area contributed by atoms with Crippen molar-refractivity contribution in [3.8, 4) is 11.1 Å². The average molecular weight is 317 g/mol. The van der Waals surface area contributed by atoms with E-state index in [-0.39, 0.29) is 11.3 Å². The first kappa shape index (κ1) is 16.3. The van der Waals surface area contributed by atoms with Gasteiger partial charge < -0.3 is 5.32 Å². The van der Waals surface area contributed by atoms with E-state index >= 15 is 0 Å². The van der Waals surface area contributed by atoms with Gasteiger partial charge in [-0.05, 0) is 46.5 Å². The van der Waals surface area contributed by atoms with Crippen molar-refractivity contribution < 1.29 is 4.79 Å². The van der Waals surface area contributed by atoms with Gasteiger partial charge in [-0.2, -0.15) is 0 Å². The maximum Gasteiger partial charge on any atom is 0.230 e. The Bertz CT molecular complexity index is 863. The second-order valence-corrected chi connectivity index (χ2v) is 6.83. The number of hydrogen-bond acceptors (Lipinski definition) is 1. The molecule has 3 aromatic carbocycles. The average Bonchev–Trinajstić information content (AvgIpc) is 2.62. The van der Waals surface area contributed by atoms with Crippen molar-refractivity contribution in [3.05, 3.63) is 66.7 Å². The largest absolute Gasteiger partial charge is 0.326 e. The SMILES string of the molecule is CCC(C)(C)C(=O)Nc1ccc(-c2ccc3ccccc3c2)cc1. The molecule has 0 aliphatic rings. The summed E-state index contributed by atoms with van der Waals surface area (Å²) in [6.45, 7) is 5.96. The van der Waals surface area contributed by atoms with Gasteiger partial charge in [0, 0.05) is 11.1 Å². The van der Waals surface area contributed by atoms with Crippen LogP contribution in [0.25, 0.3) is 21.9 Å². The lowest BCUT2D eigenvalue weighted by molar-refractivity contribution is -0.124. The van der Waals surface area contributed by atoms with Gasteiger partial charge in [0.05, 0.1) is 0 Å². The van der Waals surface area contributed by atoms with E-state index in [1.807, 2.05) is 32.9 Å². The number of hydrogen-bond donors (Lipinski definition) is 1. The summed E-state index contributed by atoms with van der Waals surface area (Å²) in [6, 6.07) is 22.9. The lowest BCUT2D eigenvalue weighted by atomic mass is 9.89. The number of rotatable bonds is 4. The molecule has 0 bridgehead atoms. The van der Waals surface area contributed by atoms with Gasteiger partial charge in [0.25, 0.3) is 0 Å². The summed E-state index contributed by atoms with van der Waals surface area (Å²) < 4.78 is 0. The molecule has 2 heteroatoms. The number of carbonyl (C=O) groups excluding carboxylic acids is 1. The predicted molar refractivity (Wildman–Crippen MR) is 102 cm³/mol. The zero-order valence-electron chi connectivity index (χ0n) is 14.5.